The van der Waals surface area contributed by atoms with Crippen molar-refractivity contribution < 1.29 is 0 Å². The Morgan fingerprint density at radius 3 is 2.70 bits per heavy atom. The second-order valence-corrected chi connectivity index (χ2v) is 5.84. The van der Waals surface area contributed by atoms with Gasteiger partial charge in [-0.05, 0) is 52.2 Å². The summed E-state index contributed by atoms with van der Waals surface area (Å²) >= 11 is 0. The molecular formula is C15H26N4O. The van der Waals surface area contributed by atoms with Crippen LogP contribution in [0.25, 0.3) is 0 Å². The molecule has 2 rings (SSSR count). The van der Waals surface area contributed by atoms with E-state index >= 15 is 0 Å². The molecule has 2 heterocycles. The van der Waals surface area contributed by atoms with Crippen molar-refractivity contribution in [2.45, 2.75) is 39.7 Å². The minimum absolute atomic E-state index is 0.0199. The highest BCUT2D eigenvalue weighted by Gasteiger charge is 2.18. The molecule has 0 amide bonds. The van der Waals surface area contributed by atoms with E-state index in [0.29, 0.717) is 11.7 Å². The third-order valence-corrected chi connectivity index (χ3v) is 4.14. The van der Waals surface area contributed by atoms with Crippen LogP contribution in [0.5, 0.6) is 0 Å². The number of hydrogen-bond acceptors (Lipinski definition) is 4. The fraction of sp³-hybridized carbons (Fsp3) is 0.733. The Kier molecular flexibility index (Phi) is 5.17. The number of aromatic nitrogens is 2. The molecule has 0 aromatic carbocycles. The number of likely N-dealkylation sites (tertiary alicyclic amines) is 1. The van der Waals surface area contributed by atoms with Gasteiger partial charge >= 0.3 is 0 Å². The fourth-order valence-corrected chi connectivity index (χ4v) is 2.70. The van der Waals surface area contributed by atoms with Gasteiger partial charge in [0.05, 0.1) is 0 Å². The molecule has 1 fully saturated rings. The smallest absolute Gasteiger partial charge is 0.293 e. The monoisotopic (exact) mass is 278 g/mol. The number of hydrogen-bond donors (Lipinski definition) is 1. The van der Waals surface area contributed by atoms with E-state index in [1.54, 1.807) is 17.0 Å². The minimum atomic E-state index is -0.0199. The predicted octanol–water partition coefficient (Wildman–Crippen LogP) is 1.97. The normalized spacial score (nSPS) is 17.6. The number of rotatable bonds is 5. The van der Waals surface area contributed by atoms with Gasteiger partial charge in [-0.15, -0.1) is 0 Å². The van der Waals surface area contributed by atoms with Crippen LogP contribution in [0, 0.1) is 5.92 Å². The Bertz CT molecular complexity index is 475. The van der Waals surface area contributed by atoms with Crippen LogP contribution in [0.2, 0.25) is 0 Å². The standard InChI is InChI=1S/C15H26N4O/c1-4-18-8-5-13(6-9-18)11-17-14-15(20)19(12(2)3)10-7-16-14/h7,10,12-13H,4-6,8-9,11H2,1-3H3,(H,16,17). The molecule has 0 aliphatic carbocycles. The molecule has 0 unspecified atom stereocenters. The van der Waals surface area contributed by atoms with Gasteiger partial charge in [0, 0.05) is 25.0 Å². The first kappa shape index (κ1) is 15.0. The molecule has 1 N–H and O–H groups in total. The van der Waals surface area contributed by atoms with E-state index in [9.17, 15) is 4.79 Å². The van der Waals surface area contributed by atoms with Crippen LogP contribution < -0.4 is 10.9 Å². The van der Waals surface area contributed by atoms with Crippen LogP contribution in [0.1, 0.15) is 39.7 Å². The number of nitrogens with one attached hydrogen (secondary N) is 1. The first-order valence-electron chi connectivity index (χ1n) is 7.65. The summed E-state index contributed by atoms with van der Waals surface area (Å²) in [6.07, 6.45) is 5.85. The molecular weight excluding hydrogens is 252 g/mol. The van der Waals surface area contributed by atoms with Crippen molar-refractivity contribution >= 4 is 5.82 Å². The highest BCUT2D eigenvalue weighted by molar-refractivity contribution is 5.30. The Hall–Kier alpha value is -1.36. The van der Waals surface area contributed by atoms with Crippen LogP contribution in [0.15, 0.2) is 17.2 Å². The Labute approximate surface area is 121 Å². The molecule has 1 aliphatic heterocycles. The largest absolute Gasteiger partial charge is 0.365 e. The van der Waals surface area contributed by atoms with E-state index in [0.717, 1.165) is 13.1 Å². The van der Waals surface area contributed by atoms with E-state index in [4.69, 9.17) is 0 Å². The summed E-state index contributed by atoms with van der Waals surface area (Å²) in [6.45, 7) is 10.5. The fourth-order valence-electron chi connectivity index (χ4n) is 2.70. The minimum Gasteiger partial charge on any atom is -0.365 e. The second-order valence-electron chi connectivity index (χ2n) is 5.84. The van der Waals surface area contributed by atoms with Crippen molar-refractivity contribution in [3.8, 4) is 0 Å². The predicted molar refractivity (Wildman–Crippen MR) is 82.2 cm³/mol. The Morgan fingerprint density at radius 2 is 2.10 bits per heavy atom. The molecule has 1 aromatic rings. The molecule has 0 atom stereocenters. The lowest BCUT2D eigenvalue weighted by Gasteiger charge is -2.31. The third-order valence-electron chi connectivity index (χ3n) is 4.14. The topological polar surface area (TPSA) is 50.2 Å². The zero-order chi connectivity index (χ0) is 14.5. The second kappa shape index (κ2) is 6.88. The molecule has 112 valence electrons. The van der Waals surface area contributed by atoms with E-state index in [1.165, 1.54) is 25.9 Å². The van der Waals surface area contributed by atoms with Crippen molar-refractivity contribution in [1.82, 2.24) is 14.5 Å². The molecule has 1 aromatic heterocycles. The highest BCUT2D eigenvalue weighted by Crippen LogP contribution is 2.16. The lowest BCUT2D eigenvalue weighted by Crippen LogP contribution is -2.36. The van der Waals surface area contributed by atoms with E-state index < -0.39 is 0 Å². The first-order valence-corrected chi connectivity index (χ1v) is 7.65. The number of nitrogens with zero attached hydrogens (tertiary/aromatic N) is 3. The van der Waals surface area contributed by atoms with Gasteiger partial charge in [0.15, 0.2) is 5.82 Å². The van der Waals surface area contributed by atoms with E-state index in [1.807, 2.05) is 13.8 Å². The van der Waals surface area contributed by atoms with Crippen LogP contribution >= 0.6 is 0 Å². The Morgan fingerprint density at radius 1 is 1.40 bits per heavy atom. The first-order chi connectivity index (χ1) is 9.61. The third kappa shape index (κ3) is 3.60. The van der Waals surface area contributed by atoms with Crippen molar-refractivity contribution in [3.05, 3.63) is 22.7 Å². The number of anilines is 1. The maximum Gasteiger partial charge on any atom is 0.293 e. The summed E-state index contributed by atoms with van der Waals surface area (Å²) in [5.41, 5.74) is -0.0199. The van der Waals surface area contributed by atoms with E-state index in [-0.39, 0.29) is 11.6 Å². The number of piperidine rings is 1. The summed E-state index contributed by atoms with van der Waals surface area (Å²) < 4.78 is 1.72. The maximum atomic E-state index is 12.2. The average Bonchev–Trinajstić information content (AvgIpc) is 2.46. The summed E-state index contributed by atoms with van der Waals surface area (Å²) in [5, 5.41) is 3.25. The van der Waals surface area contributed by atoms with Gasteiger partial charge in [0.25, 0.3) is 5.56 Å². The molecule has 1 saturated heterocycles. The Balaban J connectivity index is 1.92. The zero-order valence-electron chi connectivity index (χ0n) is 12.8. The van der Waals surface area contributed by atoms with Crippen molar-refractivity contribution in [2.75, 3.05) is 31.5 Å². The van der Waals surface area contributed by atoms with Gasteiger partial charge in [-0.25, -0.2) is 4.98 Å². The molecule has 0 radical (unpaired) electrons. The molecule has 1 aliphatic rings. The quantitative estimate of drug-likeness (QED) is 0.894. The van der Waals surface area contributed by atoms with Gasteiger partial charge in [-0.2, -0.15) is 0 Å². The van der Waals surface area contributed by atoms with Crippen LogP contribution in [0.4, 0.5) is 5.82 Å². The van der Waals surface area contributed by atoms with Gasteiger partial charge in [-0.1, -0.05) is 6.92 Å². The van der Waals surface area contributed by atoms with Crippen LogP contribution in [-0.2, 0) is 0 Å². The van der Waals surface area contributed by atoms with Gasteiger partial charge < -0.3 is 14.8 Å². The highest BCUT2D eigenvalue weighted by atomic mass is 16.1. The molecule has 0 bridgehead atoms. The van der Waals surface area contributed by atoms with Crippen molar-refractivity contribution in [2.24, 2.45) is 5.92 Å². The van der Waals surface area contributed by atoms with Gasteiger partial charge in [0.2, 0.25) is 0 Å². The summed E-state index contributed by atoms with van der Waals surface area (Å²) in [5.74, 6) is 1.13. The lowest BCUT2D eigenvalue weighted by molar-refractivity contribution is 0.198. The molecule has 0 saturated carbocycles. The van der Waals surface area contributed by atoms with Gasteiger partial charge in [-0.3, -0.25) is 4.79 Å². The molecule has 5 heteroatoms. The van der Waals surface area contributed by atoms with Crippen LogP contribution in [0.3, 0.4) is 0 Å². The summed E-state index contributed by atoms with van der Waals surface area (Å²) in [4.78, 5) is 18.9. The maximum absolute atomic E-state index is 12.2. The van der Waals surface area contributed by atoms with E-state index in [2.05, 4.69) is 22.1 Å². The average molecular weight is 278 g/mol. The SMILES string of the molecule is CCN1CCC(CNc2nccn(C(C)C)c2=O)CC1. The zero-order valence-corrected chi connectivity index (χ0v) is 12.8. The molecule has 0 spiro atoms. The van der Waals surface area contributed by atoms with Crippen molar-refractivity contribution in [1.29, 1.82) is 0 Å². The summed E-state index contributed by atoms with van der Waals surface area (Å²) in [6, 6.07) is 0.166. The van der Waals surface area contributed by atoms with Crippen LogP contribution in [-0.4, -0.2) is 40.6 Å². The molecule has 5 nitrogen and oxygen atoms in total. The molecule has 20 heavy (non-hydrogen) atoms. The van der Waals surface area contributed by atoms with Gasteiger partial charge in [0.1, 0.15) is 0 Å². The lowest BCUT2D eigenvalue weighted by atomic mass is 9.97. The summed E-state index contributed by atoms with van der Waals surface area (Å²) in [7, 11) is 0. The van der Waals surface area contributed by atoms with Crippen molar-refractivity contribution in [3.63, 3.8) is 0 Å².